The third kappa shape index (κ3) is 3.72. The Morgan fingerprint density at radius 2 is 1.85 bits per heavy atom. The summed E-state index contributed by atoms with van der Waals surface area (Å²) in [5.74, 6) is 0.122. The number of halogens is 1. The summed E-state index contributed by atoms with van der Waals surface area (Å²) in [7, 11) is 1.88. The average Bonchev–Trinajstić information content (AvgIpc) is 2.49. The quantitative estimate of drug-likeness (QED) is 0.810. The van der Waals surface area contributed by atoms with Crippen LogP contribution >= 0.6 is 12.4 Å². The first-order valence-corrected chi connectivity index (χ1v) is 6.86. The molecule has 0 aliphatic carbocycles. The Hall–Kier alpha value is -1.10. The SMILES string of the molecule is CNCCNC(=O)C1(c2ccccc2)CCOCC1.Cl. The summed E-state index contributed by atoms with van der Waals surface area (Å²) in [4.78, 5) is 12.6. The van der Waals surface area contributed by atoms with E-state index in [4.69, 9.17) is 4.74 Å². The number of ether oxygens (including phenoxy) is 1. The fourth-order valence-corrected chi connectivity index (χ4v) is 2.59. The molecular weight excluding hydrogens is 276 g/mol. The van der Waals surface area contributed by atoms with Gasteiger partial charge >= 0.3 is 0 Å². The number of hydrogen-bond donors (Lipinski definition) is 2. The molecular formula is C15H23ClN2O2. The summed E-state index contributed by atoms with van der Waals surface area (Å²) in [6.45, 7) is 2.74. The summed E-state index contributed by atoms with van der Waals surface area (Å²) in [6, 6.07) is 10.1. The lowest BCUT2D eigenvalue weighted by molar-refractivity contribution is -0.130. The molecule has 1 aliphatic heterocycles. The Morgan fingerprint density at radius 1 is 1.20 bits per heavy atom. The minimum absolute atomic E-state index is 0. The monoisotopic (exact) mass is 298 g/mol. The highest BCUT2D eigenvalue weighted by Crippen LogP contribution is 2.34. The van der Waals surface area contributed by atoms with Crippen LogP contribution in [0.25, 0.3) is 0 Å². The number of rotatable bonds is 5. The van der Waals surface area contributed by atoms with E-state index in [1.807, 2.05) is 37.4 Å². The number of hydrogen-bond acceptors (Lipinski definition) is 3. The number of amides is 1. The van der Waals surface area contributed by atoms with Crippen LogP contribution in [-0.2, 0) is 14.9 Å². The van der Waals surface area contributed by atoms with E-state index in [0.29, 0.717) is 19.8 Å². The molecule has 1 aromatic rings. The van der Waals surface area contributed by atoms with Gasteiger partial charge in [0.05, 0.1) is 5.41 Å². The zero-order valence-electron chi connectivity index (χ0n) is 11.9. The molecule has 20 heavy (non-hydrogen) atoms. The molecule has 5 heteroatoms. The lowest BCUT2D eigenvalue weighted by Gasteiger charge is -2.36. The van der Waals surface area contributed by atoms with Crippen molar-refractivity contribution in [1.29, 1.82) is 0 Å². The van der Waals surface area contributed by atoms with E-state index in [1.54, 1.807) is 0 Å². The van der Waals surface area contributed by atoms with E-state index in [0.717, 1.165) is 24.9 Å². The molecule has 0 spiro atoms. The number of carbonyl (C=O) groups excluding carboxylic acids is 1. The van der Waals surface area contributed by atoms with Gasteiger partial charge in [-0.05, 0) is 25.5 Å². The van der Waals surface area contributed by atoms with E-state index in [1.165, 1.54) is 0 Å². The number of carbonyl (C=O) groups is 1. The van der Waals surface area contributed by atoms with Gasteiger partial charge in [-0.15, -0.1) is 12.4 Å². The van der Waals surface area contributed by atoms with Crippen molar-refractivity contribution in [2.45, 2.75) is 18.3 Å². The molecule has 0 aromatic heterocycles. The third-order valence-electron chi connectivity index (χ3n) is 3.77. The maximum Gasteiger partial charge on any atom is 0.230 e. The predicted octanol–water partition coefficient (Wildman–Crippen LogP) is 1.49. The molecule has 4 nitrogen and oxygen atoms in total. The first-order valence-electron chi connectivity index (χ1n) is 6.86. The zero-order valence-corrected chi connectivity index (χ0v) is 12.7. The van der Waals surface area contributed by atoms with Crippen LogP contribution in [0, 0.1) is 0 Å². The molecule has 1 aromatic carbocycles. The van der Waals surface area contributed by atoms with Gasteiger partial charge in [0.25, 0.3) is 0 Å². The Morgan fingerprint density at radius 3 is 2.45 bits per heavy atom. The Kier molecular flexibility index (Phi) is 6.99. The number of nitrogens with one attached hydrogen (secondary N) is 2. The maximum atomic E-state index is 12.6. The molecule has 1 saturated heterocycles. The van der Waals surface area contributed by atoms with Gasteiger partial charge in [0, 0.05) is 26.3 Å². The van der Waals surface area contributed by atoms with Crippen LogP contribution in [0.4, 0.5) is 0 Å². The predicted molar refractivity (Wildman–Crippen MR) is 82.4 cm³/mol. The summed E-state index contributed by atoms with van der Waals surface area (Å²) in [5, 5.41) is 6.07. The second-order valence-corrected chi connectivity index (χ2v) is 4.92. The van der Waals surface area contributed by atoms with Gasteiger partial charge in [-0.2, -0.15) is 0 Å². The van der Waals surface area contributed by atoms with Crippen LogP contribution in [0.1, 0.15) is 18.4 Å². The van der Waals surface area contributed by atoms with Gasteiger partial charge < -0.3 is 15.4 Å². The van der Waals surface area contributed by atoms with E-state index in [9.17, 15) is 4.79 Å². The highest BCUT2D eigenvalue weighted by atomic mass is 35.5. The fourth-order valence-electron chi connectivity index (χ4n) is 2.59. The molecule has 112 valence electrons. The highest BCUT2D eigenvalue weighted by Gasteiger charge is 2.41. The van der Waals surface area contributed by atoms with Crippen LogP contribution < -0.4 is 10.6 Å². The van der Waals surface area contributed by atoms with Gasteiger partial charge in [-0.25, -0.2) is 0 Å². The number of benzene rings is 1. The second kappa shape index (κ2) is 8.25. The van der Waals surface area contributed by atoms with Gasteiger partial charge in [-0.3, -0.25) is 4.79 Å². The highest BCUT2D eigenvalue weighted by molar-refractivity contribution is 5.88. The molecule has 1 amide bonds. The van der Waals surface area contributed by atoms with Crippen molar-refractivity contribution in [2.24, 2.45) is 0 Å². The molecule has 0 unspecified atom stereocenters. The molecule has 0 bridgehead atoms. The van der Waals surface area contributed by atoms with Gasteiger partial charge in [0.1, 0.15) is 0 Å². The molecule has 1 fully saturated rings. The first-order chi connectivity index (χ1) is 9.29. The summed E-state index contributed by atoms with van der Waals surface area (Å²) < 4.78 is 5.43. The minimum Gasteiger partial charge on any atom is -0.381 e. The Balaban J connectivity index is 0.00000200. The largest absolute Gasteiger partial charge is 0.381 e. The maximum absolute atomic E-state index is 12.6. The molecule has 0 atom stereocenters. The van der Waals surface area contributed by atoms with Crippen LogP contribution in [0.2, 0.25) is 0 Å². The van der Waals surface area contributed by atoms with Crippen LogP contribution in [0.15, 0.2) is 30.3 Å². The van der Waals surface area contributed by atoms with E-state index in [2.05, 4.69) is 10.6 Å². The standard InChI is InChI=1S/C15H22N2O2.ClH/c1-16-9-10-17-14(18)15(7-11-19-12-8-15)13-5-3-2-4-6-13;/h2-6,16H,7-12H2,1H3,(H,17,18);1H. The minimum atomic E-state index is -0.423. The van der Waals surface area contributed by atoms with Crippen molar-refractivity contribution in [3.05, 3.63) is 35.9 Å². The van der Waals surface area contributed by atoms with Crippen molar-refractivity contribution in [2.75, 3.05) is 33.4 Å². The first kappa shape index (κ1) is 17.0. The molecule has 2 rings (SSSR count). The van der Waals surface area contributed by atoms with Crippen LogP contribution in [0.5, 0.6) is 0 Å². The smallest absolute Gasteiger partial charge is 0.230 e. The third-order valence-corrected chi connectivity index (χ3v) is 3.77. The lowest BCUT2D eigenvalue weighted by atomic mass is 9.73. The summed E-state index contributed by atoms with van der Waals surface area (Å²) in [6.07, 6.45) is 1.50. The lowest BCUT2D eigenvalue weighted by Crippen LogP contribution is -2.49. The van der Waals surface area contributed by atoms with Crippen molar-refractivity contribution in [3.8, 4) is 0 Å². The summed E-state index contributed by atoms with van der Waals surface area (Å²) in [5.41, 5.74) is 0.674. The second-order valence-electron chi connectivity index (χ2n) is 4.92. The molecule has 0 radical (unpaired) electrons. The van der Waals surface area contributed by atoms with Crippen molar-refractivity contribution < 1.29 is 9.53 Å². The van der Waals surface area contributed by atoms with Gasteiger partial charge in [0.15, 0.2) is 0 Å². The van der Waals surface area contributed by atoms with E-state index in [-0.39, 0.29) is 18.3 Å². The topological polar surface area (TPSA) is 50.4 Å². The number of likely N-dealkylation sites (N-methyl/N-ethyl adjacent to an activating group) is 1. The molecule has 0 saturated carbocycles. The van der Waals surface area contributed by atoms with E-state index >= 15 is 0 Å². The molecule has 2 N–H and O–H groups in total. The normalized spacial score (nSPS) is 17.1. The Bertz CT molecular complexity index is 406. The fraction of sp³-hybridized carbons (Fsp3) is 0.533. The van der Waals surface area contributed by atoms with Crippen molar-refractivity contribution >= 4 is 18.3 Å². The zero-order chi connectivity index (χ0) is 13.6. The molecule has 1 aliphatic rings. The van der Waals surface area contributed by atoms with Crippen molar-refractivity contribution in [1.82, 2.24) is 10.6 Å². The van der Waals surface area contributed by atoms with Crippen LogP contribution in [-0.4, -0.2) is 39.3 Å². The van der Waals surface area contributed by atoms with Gasteiger partial charge in [-0.1, -0.05) is 30.3 Å². The van der Waals surface area contributed by atoms with Crippen LogP contribution in [0.3, 0.4) is 0 Å². The van der Waals surface area contributed by atoms with Gasteiger partial charge in [0.2, 0.25) is 5.91 Å². The Labute approximate surface area is 126 Å². The van der Waals surface area contributed by atoms with Crippen molar-refractivity contribution in [3.63, 3.8) is 0 Å². The molecule has 1 heterocycles. The van der Waals surface area contributed by atoms with E-state index < -0.39 is 5.41 Å². The summed E-state index contributed by atoms with van der Waals surface area (Å²) >= 11 is 0. The average molecular weight is 299 g/mol.